The average Bonchev–Trinajstić information content (AvgIpc) is 2.73. The standard InChI is InChI=1S/C22H19N3O/c23-16-19(22-10-7-18-3-1-2-4-21(18)24-22)15-17-5-8-20(9-6-17)25-11-13-26-14-12-25/h1-10,15H,11-14H2/b19-15-. The van der Waals surface area contributed by atoms with Crippen LogP contribution in [0.5, 0.6) is 0 Å². The molecule has 2 aromatic carbocycles. The van der Waals surface area contributed by atoms with Gasteiger partial charge in [0.05, 0.1) is 30.0 Å². The maximum absolute atomic E-state index is 9.59. The molecule has 4 rings (SSSR count). The van der Waals surface area contributed by atoms with Crippen LogP contribution in [-0.2, 0) is 4.74 Å². The molecular formula is C22H19N3O. The first kappa shape index (κ1) is 16.3. The summed E-state index contributed by atoms with van der Waals surface area (Å²) in [5.41, 5.74) is 4.34. The lowest BCUT2D eigenvalue weighted by Gasteiger charge is -2.28. The molecule has 26 heavy (non-hydrogen) atoms. The van der Waals surface area contributed by atoms with Crippen LogP contribution < -0.4 is 4.90 Å². The highest BCUT2D eigenvalue weighted by atomic mass is 16.5. The first-order valence-electron chi connectivity index (χ1n) is 8.74. The Morgan fingerprint density at radius 3 is 2.54 bits per heavy atom. The van der Waals surface area contributed by atoms with Crippen molar-refractivity contribution in [2.45, 2.75) is 0 Å². The van der Waals surface area contributed by atoms with Crippen LogP contribution in [0, 0.1) is 11.3 Å². The Balaban J connectivity index is 1.61. The van der Waals surface area contributed by atoms with E-state index in [1.807, 2.05) is 54.6 Å². The maximum Gasteiger partial charge on any atom is 0.101 e. The van der Waals surface area contributed by atoms with Gasteiger partial charge in [-0.15, -0.1) is 0 Å². The largest absolute Gasteiger partial charge is 0.378 e. The van der Waals surface area contributed by atoms with E-state index in [9.17, 15) is 5.26 Å². The second-order valence-electron chi connectivity index (χ2n) is 6.25. The average molecular weight is 341 g/mol. The zero-order valence-corrected chi connectivity index (χ0v) is 14.4. The monoisotopic (exact) mass is 341 g/mol. The summed E-state index contributed by atoms with van der Waals surface area (Å²) >= 11 is 0. The number of aromatic nitrogens is 1. The number of hydrogen-bond acceptors (Lipinski definition) is 4. The number of rotatable bonds is 3. The number of allylic oxidation sites excluding steroid dienone is 1. The number of nitrogens with zero attached hydrogens (tertiary/aromatic N) is 3. The lowest BCUT2D eigenvalue weighted by Crippen LogP contribution is -2.36. The van der Waals surface area contributed by atoms with Crippen molar-refractivity contribution in [3.63, 3.8) is 0 Å². The molecule has 0 aliphatic carbocycles. The van der Waals surface area contributed by atoms with Gasteiger partial charge in [0.1, 0.15) is 6.07 Å². The van der Waals surface area contributed by atoms with Crippen LogP contribution in [0.25, 0.3) is 22.6 Å². The number of benzene rings is 2. The second kappa shape index (κ2) is 7.38. The molecule has 1 saturated heterocycles. The van der Waals surface area contributed by atoms with Crippen molar-refractivity contribution in [1.29, 1.82) is 5.26 Å². The Hall–Kier alpha value is -3.16. The van der Waals surface area contributed by atoms with Crippen molar-refractivity contribution >= 4 is 28.2 Å². The lowest BCUT2D eigenvalue weighted by atomic mass is 10.1. The second-order valence-corrected chi connectivity index (χ2v) is 6.25. The molecule has 1 fully saturated rings. The van der Waals surface area contributed by atoms with Gasteiger partial charge in [0.25, 0.3) is 0 Å². The highest BCUT2D eigenvalue weighted by molar-refractivity contribution is 5.90. The number of ether oxygens (including phenoxy) is 1. The van der Waals surface area contributed by atoms with Crippen molar-refractivity contribution in [1.82, 2.24) is 4.98 Å². The highest BCUT2D eigenvalue weighted by Crippen LogP contribution is 2.22. The van der Waals surface area contributed by atoms with Crippen LogP contribution in [0.15, 0.2) is 60.7 Å². The third-order valence-electron chi connectivity index (χ3n) is 4.58. The number of nitriles is 1. The molecule has 0 bridgehead atoms. The zero-order valence-electron chi connectivity index (χ0n) is 14.4. The Kier molecular flexibility index (Phi) is 4.63. The molecule has 0 spiro atoms. The third-order valence-corrected chi connectivity index (χ3v) is 4.58. The molecule has 0 unspecified atom stereocenters. The predicted molar refractivity (Wildman–Crippen MR) is 105 cm³/mol. The van der Waals surface area contributed by atoms with E-state index in [0.29, 0.717) is 11.3 Å². The van der Waals surface area contributed by atoms with E-state index in [4.69, 9.17) is 4.74 Å². The van der Waals surface area contributed by atoms with Crippen LogP contribution in [0.2, 0.25) is 0 Å². The van der Waals surface area contributed by atoms with Crippen molar-refractivity contribution in [2.75, 3.05) is 31.2 Å². The molecule has 0 atom stereocenters. The van der Waals surface area contributed by atoms with E-state index >= 15 is 0 Å². The summed E-state index contributed by atoms with van der Waals surface area (Å²) in [7, 11) is 0. The van der Waals surface area contributed by atoms with Gasteiger partial charge in [-0.1, -0.05) is 36.4 Å². The fraction of sp³-hybridized carbons (Fsp3) is 0.182. The van der Waals surface area contributed by atoms with Crippen LogP contribution in [-0.4, -0.2) is 31.3 Å². The molecule has 0 amide bonds. The van der Waals surface area contributed by atoms with E-state index in [-0.39, 0.29) is 0 Å². The molecule has 1 aliphatic heterocycles. The summed E-state index contributed by atoms with van der Waals surface area (Å²) in [6.07, 6.45) is 1.89. The Bertz CT molecular complexity index is 980. The smallest absolute Gasteiger partial charge is 0.101 e. The first-order chi connectivity index (χ1) is 12.8. The minimum Gasteiger partial charge on any atom is -0.378 e. The van der Waals surface area contributed by atoms with Gasteiger partial charge in [-0.05, 0) is 35.9 Å². The van der Waals surface area contributed by atoms with E-state index in [2.05, 4.69) is 28.1 Å². The number of anilines is 1. The summed E-state index contributed by atoms with van der Waals surface area (Å²) in [6.45, 7) is 3.38. The summed E-state index contributed by atoms with van der Waals surface area (Å²) in [6, 6.07) is 22.4. The van der Waals surface area contributed by atoms with Crippen LogP contribution in [0.4, 0.5) is 5.69 Å². The zero-order chi connectivity index (χ0) is 17.8. The van der Waals surface area contributed by atoms with Crippen molar-refractivity contribution in [3.8, 4) is 6.07 Å². The summed E-state index contributed by atoms with van der Waals surface area (Å²) in [5, 5.41) is 10.7. The van der Waals surface area contributed by atoms with Crippen LogP contribution >= 0.6 is 0 Å². The number of morpholine rings is 1. The Morgan fingerprint density at radius 2 is 1.77 bits per heavy atom. The van der Waals surface area contributed by atoms with E-state index < -0.39 is 0 Å². The molecule has 0 N–H and O–H groups in total. The van der Waals surface area contributed by atoms with Gasteiger partial charge < -0.3 is 9.64 Å². The number of fused-ring (bicyclic) bond motifs is 1. The molecular weight excluding hydrogens is 322 g/mol. The van der Waals surface area contributed by atoms with Gasteiger partial charge >= 0.3 is 0 Å². The van der Waals surface area contributed by atoms with Gasteiger partial charge in [0.2, 0.25) is 0 Å². The van der Waals surface area contributed by atoms with Gasteiger partial charge in [0, 0.05) is 24.2 Å². The van der Waals surface area contributed by atoms with Crippen LogP contribution in [0.3, 0.4) is 0 Å². The van der Waals surface area contributed by atoms with E-state index in [0.717, 1.165) is 42.8 Å². The number of pyridine rings is 1. The molecule has 1 aromatic heterocycles. The predicted octanol–water partition coefficient (Wildman–Crippen LogP) is 4.14. The van der Waals surface area contributed by atoms with E-state index in [1.54, 1.807) is 0 Å². The molecule has 4 nitrogen and oxygen atoms in total. The van der Waals surface area contributed by atoms with Crippen molar-refractivity contribution < 1.29 is 4.74 Å². The highest BCUT2D eigenvalue weighted by Gasteiger charge is 2.11. The van der Waals surface area contributed by atoms with Gasteiger partial charge in [-0.3, -0.25) is 0 Å². The maximum atomic E-state index is 9.59. The normalized spacial score (nSPS) is 15.0. The lowest BCUT2D eigenvalue weighted by molar-refractivity contribution is 0.122. The van der Waals surface area contributed by atoms with Gasteiger partial charge in [-0.25, -0.2) is 4.98 Å². The Morgan fingerprint density at radius 1 is 1.00 bits per heavy atom. The fourth-order valence-electron chi connectivity index (χ4n) is 3.15. The van der Waals surface area contributed by atoms with Gasteiger partial charge in [-0.2, -0.15) is 5.26 Å². The van der Waals surface area contributed by atoms with Gasteiger partial charge in [0.15, 0.2) is 0 Å². The molecule has 1 aliphatic rings. The molecule has 2 heterocycles. The molecule has 0 saturated carbocycles. The SMILES string of the molecule is N#C/C(=C/c1ccc(N2CCOCC2)cc1)c1ccc2ccccc2n1. The summed E-state index contributed by atoms with van der Waals surface area (Å²) in [4.78, 5) is 6.93. The number of para-hydroxylation sites is 1. The third kappa shape index (κ3) is 3.44. The number of hydrogen-bond donors (Lipinski definition) is 0. The first-order valence-corrected chi connectivity index (χ1v) is 8.74. The molecule has 0 radical (unpaired) electrons. The van der Waals surface area contributed by atoms with E-state index in [1.165, 1.54) is 5.69 Å². The summed E-state index contributed by atoms with van der Waals surface area (Å²) < 4.78 is 5.40. The van der Waals surface area contributed by atoms with Crippen molar-refractivity contribution in [3.05, 3.63) is 71.9 Å². The molecule has 4 heteroatoms. The summed E-state index contributed by atoms with van der Waals surface area (Å²) in [5.74, 6) is 0. The topological polar surface area (TPSA) is 49.2 Å². The minimum absolute atomic E-state index is 0.565. The molecule has 128 valence electrons. The van der Waals surface area contributed by atoms with Crippen molar-refractivity contribution in [2.24, 2.45) is 0 Å². The quantitative estimate of drug-likeness (QED) is 0.672. The fourth-order valence-corrected chi connectivity index (χ4v) is 3.15. The minimum atomic E-state index is 0.565. The molecule has 3 aromatic rings. The van der Waals surface area contributed by atoms with Crippen LogP contribution in [0.1, 0.15) is 11.3 Å². The Labute approximate surface area is 153 Å².